The Morgan fingerprint density at radius 2 is 1.86 bits per heavy atom. The van der Waals surface area contributed by atoms with Gasteiger partial charge in [0.15, 0.2) is 0 Å². The molecule has 0 radical (unpaired) electrons. The second kappa shape index (κ2) is 7.06. The Labute approximate surface area is 161 Å². The fraction of sp³-hybridized carbons (Fsp3) is 0.100. The largest absolute Gasteiger partial charge is 0.423 e. The topological polar surface area (TPSA) is 94.2 Å². The van der Waals surface area contributed by atoms with Gasteiger partial charge in [-0.25, -0.2) is 18.2 Å². The van der Waals surface area contributed by atoms with Gasteiger partial charge in [0.05, 0.1) is 4.90 Å². The molecule has 1 unspecified atom stereocenters. The molecule has 0 fully saturated rings. The minimum Gasteiger partial charge on any atom is -0.423 e. The van der Waals surface area contributed by atoms with Gasteiger partial charge in [-0.15, -0.1) is 0 Å². The van der Waals surface area contributed by atoms with Crippen LogP contribution in [0.1, 0.15) is 17.4 Å². The summed E-state index contributed by atoms with van der Waals surface area (Å²) in [6.45, 7) is 0. The quantitative estimate of drug-likeness (QED) is 0.524. The standard InChI is InChI=1S/C20H17N3O4S/c1-23-12-11-21-20(23)19(14-5-3-2-4-6-14)22-28(25,26)16-8-9-17-15(13-16)7-10-18(24)27-17/h2-13,19,22H,1H3. The molecule has 142 valence electrons. The Hall–Kier alpha value is -3.23. The monoisotopic (exact) mass is 395 g/mol. The van der Waals surface area contributed by atoms with Crippen LogP contribution in [0, 0.1) is 0 Å². The summed E-state index contributed by atoms with van der Waals surface area (Å²) in [5, 5.41) is 0.524. The Balaban J connectivity index is 1.76. The van der Waals surface area contributed by atoms with E-state index >= 15 is 0 Å². The van der Waals surface area contributed by atoms with E-state index in [0.29, 0.717) is 16.8 Å². The fourth-order valence-electron chi connectivity index (χ4n) is 3.01. The van der Waals surface area contributed by atoms with Crippen LogP contribution < -0.4 is 10.3 Å². The lowest BCUT2D eigenvalue weighted by molar-refractivity contribution is 0.559. The van der Waals surface area contributed by atoms with E-state index in [1.807, 2.05) is 37.4 Å². The third kappa shape index (κ3) is 3.47. The van der Waals surface area contributed by atoms with Crippen molar-refractivity contribution in [2.75, 3.05) is 0 Å². The second-order valence-electron chi connectivity index (χ2n) is 6.32. The lowest BCUT2D eigenvalue weighted by Gasteiger charge is -2.19. The van der Waals surface area contributed by atoms with Gasteiger partial charge in [0.1, 0.15) is 17.4 Å². The van der Waals surface area contributed by atoms with Gasteiger partial charge in [-0.05, 0) is 29.8 Å². The number of nitrogens with zero attached hydrogens (tertiary/aromatic N) is 2. The molecular formula is C20H17N3O4S. The molecule has 4 aromatic rings. The molecule has 2 aromatic carbocycles. The Kier molecular flexibility index (Phi) is 4.58. The molecule has 0 saturated carbocycles. The van der Waals surface area contributed by atoms with E-state index in [0.717, 1.165) is 5.56 Å². The molecule has 28 heavy (non-hydrogen) atoms. The normalized spacial score (nSPS) is 12.9. The number of hydrogen-bond acceptors (Lipinski definition) is 5. The number of sulfonamides is 1. The average molecular weight is 395 g/mol. The first-order valence-electron chi connectivity index (χ1n) is 8.52. The van der Waals surface area contributed by atoms with Crippen LogP contribution in [0.5, 0.6) is 0 Å². The Morgan fingerprint density at radius 3 is 2.57 bits per heavy atom. The number of aryl methyl sites for hydroxylation is 1. The highest BCUT2D eigenvalue weighted by molar-refractivity contribution is 7.89. The number of fused-ring (bicyclic) bond motifs is 1. The highest BCUT2D eigenvalue weighted by atomic mass is 32.2. The third-order valence-corrected chi connectivity index (χ3v) is 5.84. The fourth-order valence-corrected chi connectivity index (χ4v) is 4.23. The third-order valence-electron chi connectivity index (χ3n) is 4.42. The van der Waals surface area contributed by atoms with Gasteiger partial charge >= 0.3 is 5.63 Å². The molecule has 0 amide bonds. The molecule has 0 spiro atoms. The maximum absolute atomic E-state index is 13.1. The van der Waals surface area contributed by atoms with Gasteiger partial charge in [0.25, 0.3) is 0 Å². The predicted molar refractivity (Wildman–Crippen MR) is 104 cm³/mol. The lowest BCUT2D eigenvalue weighted by Crippen LogP contribution is -2.31. The highest BCUT2D eigenvalue weighted by Crippen LogP contribution is 2.24. The van der Waals surface area contributed by atoms with Crippen molar-refractivity contribution >= 4 is 21.0 Å². The summed E-state index contributed by atoms with van der Waals surface area (Å²) in [7, 11) is -2.07. The van der Waals surface area contributed by atoms with Crippen LogP contribution in [0.2, 0.25) is 0 Å². The second-order valence-corrected chi connectivity index (χ2v) is 8.03. The molecule has 0 aliphatic rings. The van der Waals surface area contributed by atoms with Crippen molar-refractivity contribution in [2.45, 2.75) is 10.9 Å². The maximum atomic E-state index is 13.1. The minimum absolute atomic E-state index is 0.0731. The SMILES string of the molecule is Cn1ccnc1C(NS(=O)(=O)c1ccc2oc(=O)ccc2c1)c1ccccc1. The van der Waals surface area contributed by atoms with Crippen molar-refractivity contribution in [1.82, 2.24) is 14.3 Å². The molecule has 0 bridgehead atoms. The smallest absolute Gasteiger partial charge is 0.336 e. The average Bonchev–Trinajstić information content (AvgIpc) is 3.12. The molecule has 1 atom stereocenters. The van der Waals surface area contributed by atoms with E-state index in [2.05, 4.69) is 9.71 Å². The van der Waals surface area contributed by atoms with E-state index in [1.54, 1.807) is 17.0 Å². The van der Waals surface area contributed by atoms with E-state index in [-0.39, 0.29) is 4.90 Å². The van der Waals surface area contributed by atoms with Gasteiger partial charge in [-0.3, -0.25) is 0 Å². The van der Waals surface area contributed by atoms with E-state index in [1.165, 1.54) is 30.3 Å². The molecule has 2 heterocycles. The number of nitrogens with one attached hydrogen (secondary N) is 1. The van der Waals surface area contributed by atoms with Crippen molar-refractivity contribution in [1.29, 1.82) is 0 Å². The molecule has 0 aliphatic heterocycles. The number of imidazole rings is 1. The summed E-state index contributed by atoms with van der Waals surface area (Å²) in [6.07, 6.45) is 3.38. The number of aromatic nitrogens is 2. The zero-order valence-electron chi connectivity index (χ0n) is 14.9. The molecule has 8 heteroatoms. The van der Waals surface area contributed by atoms with E-state index in [4.69, 9.17) is 4.42 Å². The first-order chi connectivity index (χ1) is 13.4. The summed E-state index contributed by atoms with van der Waals surface area (Å²) in [6, 6.07) is 15.7. The zero-order valence-corrected chi connectivity index (χ0v) is 15.8. The summed E-state index contributed by atoms with van der Waals surface area (Å²) < 4.78 is 35.8. The van der Waals surface area contributed by atoms with Gasteiger partial charge in [0.2, 0.25) is 10.0 Å². The molecular weight excluding hydrogens is 378 g/mol. The van der Waals surface area contributed by atoms with Crippen molar-refractivity contribution in [3.8, 4) is 0 Å². The van der Waals surface area contributed by atoms with Crippen LogP contribution in [0.25, 0.3) is 11.0 Å². The zero-order chi connectivity index (χ0) is 19.7. The number of hydrogen-bond donors (Lipinski definition) is 1. The van der Waals surface area contributed by atoms with Crippen LogP contribution in [-0.4, -0.2) is 18.0 Å². The molecule has 0 aliphatic carbocycles. The minimum atomic E-state index is -3.88. The number of benzene rings is 2. The van der Waals surface area contributed by atoms with Crippen molar-refractivity contribution in [2.24, 2.45) is 7.05 Å². The summed E-state index contributed by atoms with van der Waals surface area (Å²) in [5.74, 6) is 0.571. The van der Waals surface area contributed by atoms with Crippen LogP contribution in [-0.2, 0) is 17.1 Å². The van der Waals surface area contributed by atoms with Gasteiger partial charge in [-0.2, -0.15) is 4.72 Å². The highest BCUT2D eigenvalue weighted by Gasteiger charge is 2.25. The van der Waals surface area contributed by atoms with Crippen molar-refractivity contribution in [3.05, 3.63) is 94.9 Å². The Morgan fingerprint density at radius 1 is 1.07 bits per heavy atom. The molecule has 1 N–H and O–H groups in total. The predicted octanol–water partition coefficient (Wildman–Crippen LogP) is 2.59. The molecule has 0 saturated heterocycles. The van der Waals surface area contributed by atoms with Gasteiger partial charge in [0, 0.05) is 30.9 Å². The van der Waals surface area contributed by atoms with Gasteiger partial charge < -0.3 is 8.98 Å². The van der Waals surface area contributed by atoms with Crippen LogP contribution in [0.3, 0.4) is 0 Å². The van der Waals surface area contributed by atoms with E-state index < -0.39 is 21.7 Å². The van der Waals surface area contributed by atoms with Crippen LogP contribution in [0.4, 0.5) is 0 Å². The van der Waals surface area contributed by atoms with Crippen molar-refractivity contribution in [3.63, 3.8) is 0 Å². The Bertz CT molecular complexity index is 1290. The van der Waals surface area contributed by atoms with Crippen LogP contribution in [0.15, 0.2) is 87.2 Å². The summed E-state index contributed by atoms with van der Waals surface area (Å²) >= 11 is 0. The first-order valence-corrected chi connectivity index (χ1v) is 10.0. The molecule has 2 aromatic heterocycles. The summed E-state index contributed by atoms with van der Waals surface area (Å²) in [5.41, 5.74) is 0.613. The van der Waals surface area contributed by atoms with Crippen molar-refractivity contribution < 1.29 is 12.8 Å². The lowest BCUT2D eigenvalue weighted by atomic mass is 10.1. The van der Waals surface area contributed by atoms with Crippen LogP contribution >= 0.6 is 0 Å². The first kappa shape index (κ1) is 18.1. The summed E-state index contributed by atoms with van der Waals surface area (Å²) in [4.78, 5) is 15.7. The van der Waals surface area contributed by atoms with Gasteiger partial charge in [-0.1, -0.05) is 30.3 Å². The van der Waals surface area contributed by atoms with E-state index in [9.17, 15) is 13.2 Å². The number of rotatable bonds is 5. The molecule has 7 nitrogen and oxygen atoms in total. The maximum Gasteiger partial charge on any atom is 0.336 e. The molecule has 4 rings (SSSR count).